The number of nitrogens with two attached hydrogens (primary N) is 1. The van der Waals surface area contributed by atoms with Gasteiger partial charge in [-0.1, -0.05) is 19.8 Å². The van der Waals surface area contributed by atoms with E-state index in [2.05, 4.69) is 9.97 Å². The summed E-state index contributed by atoms with van der Waals surface area (Å²) in [4.78, 5) is 7.02. The van der Waals surface area contributed by atoms with Gasteiger partial charge in [-0.3, -0.25) is 0 Å². The predicted octanol–water partition coefficient (Wildman–Crippen LogP) is 1.25. The first-order valence-electron chi connectivity index (χ1n) is 7.35. The zero-order valence-electron chi connectivity index (χ0n) is 12.0. The van der Waals surface area contributed by atoms with Crippen molar-refractivity contribution >= 4 is 10.0 Å². The molecule has 1 fully saturated rings. The van der Waals surface area contributed by atoms with Gasteiger partial charge in [0.2, 0.25) is 0 Å². The Kier molecular flexibility index (Phi) is 5.17. The fourth-order valence-electron chi connectivity index (χ4n) is 2.72. The summed E-state index contributed by atoms with van der Waals surface area (Å²) in [6.07, 6.45) is 6.90. The summed E-state index contributed by atoms with van der Waals surface area (Å²) < 4.78 is 27.2. The van der Waals surface area contributed by atoms with Crippen molar-refractivity contribution in [2.45, 2.75) is 56.5 Å². The molecule has 0 radical (unpaired) electrons. The number of aromatic nitrogens is 2. The molecule has 114 valence electrons. The molecular weight excluding hydrogens is 276 g/mol. The molecule has 7 heteroatoms. The fourth-order valence-corrected chi connectivity index (χ4v) is 4.38. The summed E-state index contributed by atoms with van der Waals surface area (Å²) in [5.74, 6) is 0.703. The summed E-state index contributed by atoms with van der Waals surface area (Å²) in [6, 6.07) is 0.111. The van der Waals surface area contributed by atoms with E-state index >= 15 is 0 Å². The van der Waals surface area contributed by atoms with Gasteiger partial charge in [0.1, 0.15) is 5.82 Å². The monoisotopic (exact) mass is 300 g/mol. The second-order valence-corrected chi connectivity index (χ2v) is 7.10. The molecule has 0 bridgehead atoms. The normalized spacial score (nSPS) is 17.1. The number of aromatic amines is 1. The Bertz CT molecular complexity index is 520. The van der Waals surface area contributed by atoms with Crippen LogP contribution in [0.4, 0.5) is 0 Å². The van der Waals surface area contributed by atoms with Gasteiger partial charge in [0.15, 0.2) is 5.03 Å². The highest BCUT2D eigenvalue weighted by Gasteiger charge is 2.33. The predicted molar refractivity (Wildman–Crippen MR) is 77.8 cm³/mol. The molecule has 0 amide bonds. The van der Waals surface area contributed by atoms with Crippen LogP contribution >= 0.6 is 0 Å². The van der Waals surface area contributed by atoms with Crippen molar-refractivity contribution < 1.29 is 8.42 Å². The number of hydrogen-bond acceptors (Lipinski definition) is 4. The minimum atomic E-state index is -3.49. The molecule has 0 atom stereocenters. The lowest BCUT2D eigenvalue weighted by Gasteiger charge is -2.27. The molecule has 2 rings (SSSR count). The second-order valence-electron chi connectivity index (χ2n) is 5.24. The van der Waals surface area contributed by atoms with Crippen LogP contribution in [-0.2, 0) is 16.4 Å². The van der Waals surface area contributed by atoms with Crippen LogP contribution in [0.25, 0.3) is 0 Å². The highest BCUT2D eigenvalue weighted by molar-refractivity contribution is 7.89. The van der Waals surface area contributed by atoms with Crippen molar-refractivity contribution in [3.8, 4) is 0 Å². The smallest absolute Gasteiger partial charge is 0.260 e. The summed E-state index contributed by atoms with van der Waals surface area (Å²) in [5, 5.41) is 0.207. The first-order valence-corrected chi connectivity index (χ1v) is 8.79. The van der Waals surface area contributed by atoms with Crippen molar-refractivity contribution in [2.24, 2.45) is 5.73 Å². The number of sulfonamides is 1. The van der Waals surface area contributed by atoms with Gasteiger partial charge in [0.05, 0.1) is 6.20 Å². The third kappa shape index (κ3) is 3.21. The number of H-pyrrole nitrogens is 1. The van der Waals surface area contributed by atoms with Gasteiger partial charge in [0.25, 0.3) is 10.0 Å². The van der Waals surface area contributed by atoms with Crippen molar-refractivity contribution in [3.05, 3.63) is 12.0 Å². The maximum Gasteiger partial charge on any atom is 0.260 e. The minimum absolute atomic E-state index is 0.111. The Morgan fingerprint density at radius 2 is 2.15 bits per heavy atom. The van der Waals surface area contributed by atoms with E-state index in [9.17, 15) is 8.42 Å². The molecule has 0 aromatic carbocycles. The van der Waals surface area contributed by atoms with Gasteiger partial charge in [-0.05, 0) is 25.8 Å². The zero-order valence-corrected chi connectivity index (χ0v) is 12.8. The number of aryl methyl sites for hydroxylation is 1. The maximum atomic E-state index is 12.8. The molecule has 0 aliphatic heterocycles. The van der Waals surface area contributed by atoms with Crippen LogP contribution in [0.1, 0.15) is 44.9 Å². The van der Waals surface area contributed by atoms with E-state index in [1.807, 2.05) is 6.92 Å². The van der Waals surface area contributed by atoms with Gasteiger partial charge in [-0.2, -0.15) is 4.31 Å². The Morgan fingerprint density at radius 3 is 2.70 bits per heavy atom. The molecule has 20 heavy (non-hydrogen) atoms. The topological polar surface area (TPSA) is 92.1 Å². The van der Waals surface area contributed by atoms with Gasteiger partial charge in [-0.15, -0.1) is 0 Å². The van der Waals surface area contributed by atoms with Crippen LogP contribution < -0.4 is 5.73 Å². The molecule has 0 unspecified atom stereocenters. The van der Waals surface area contributed by atoms with Crippen LogP contribution in [-0.4, -0.2) is 41.8 Å². The van der Waals surface area contributed by atoms with E-state index in [0.717, 1.165) is 25.7 Å². The van der Waals surface area contributed by atoms with Gasteiger partial charge < -0.3 is 10.7 Å². The van der Waals surface area contributed by atoms with Crippen LogP contribution in [0.5, 0.6) is 0 Å². The molecule has 1 aromatic rings. The average Bonchev–Trinajstić information content (AvgIpc) is 3.10. The minimum Gasteiger partial charge on any atom is -0.332 e. The van der Waals surface area contributed by atoms with Crippen molar-refractivity contribution in [1.29, 1.82) is 0 Å². The second kappa shape index (κ2) is 6.69. The van der Waals surface area contributed by atoms with Crippen molar-refractivity contribution in [3.63, 3.8) is 0 Å². The first-order chi connectivity index (χ1) is 9.59. The van der Waals surface area contributed by atoms with Crippen LogP contribution in [0.3, 0.4) is 0 Å². The zero-order chi connectivity index (χ0) is 14.6. The average molecular weight is 300 g/mol. The SMILES string of the molecule is CCc1ncc(S(=O)(=O)N(CCCN)C2CCCC2)[nH]1. The quantitative estimate of drug-likeness (QED) is 0.793. The third-order valence-electron chi connectivity index (χ3n) is 3.84. The number of imidazole rings is 1. The third-order valence-corrected chi connectivity index (χ3v) is 5.70. The Balaban J connectivity index is 2.24. The molecule has 1 aromatic heterocycles. The molecule has 0 spiro atoms. The Hall–Kier alpha value is -0.920. The van der Waals surface area contributed by atoms with Crippen molar-refractivity contribution in [1.82, 2.24) is 14.3 Å². The largest absolute Gasteiger partial charge is 0.332 e. The van der Waals surface area contributed by atoms with Crippen molar-refractivity contribution in [2.75, 3.05) is 13.1 Å². The molecule has 6 nitrogen and oxygen atoms in total. The van der Waals surface area contributed by atoms with Crippen LogP contribution in [0.15, 0.2) is 11.2 Å². The van der Waals surface area contributed by atoms with E-state index in [0.29, 0.717) is 31.8 Å². The number of rotatable bonds is 7. The fraction of sp³-hybridized carbons (Fsp3) is 0.769. The summed E-state index contributed by atoms with van der Waals surface area (Å²) >= 11 is 0. The molecule has 3 N–H and O–H groups in total. The lowest BCUT2D eigenvalue weighted by molar-refractivity contribution is 0.319. The van der Waals surface area contributed by atoms with Gasteiger partial charge >= 0.3 is 0 Å². The summed E-state index contributed by atoms with van der Waals surface area (Å²) in [5.41, 5.74) is 5.54. The number of hydrogen-bond donors (Lipinski definition) is 2. The van der Waals surface area contributed by atoms with Crippen LogP contribution in [0.2, 0.25) is 0 Å². The summed E-state index contributed by atoms with van der Waals surface area (Å²) in [6.45, 7) is 2.93. The highest BCUT2D eigenvalue weighted by atomic mass is 32.2. The standard InChI is InChI=1S/C13H24N4O2S/c1-2-12-15-10-13(16-12)20(18,19)17(9-5-8-14)11-6-3-4-7-11/h10-11H,2-9,14H2,1H3,(H,15,16). The Labute approximate surface area is 120 Å². The van der Waals surface area contributed by atoms with E-state index in [4.69, 9.17) is 5.73 Å². The lowest BCUT2D eigenvalue weighted by Crippen LogP contribution is -2.40. The lowest BCUT2D eigenvalue weighted by atomic mass is 10.2. The highest BCUT2D eigenvalue weighted by Crippen LogP contribution is 2.28. The molecular formula is C13H24N4O2S. The molecule has 1 heterocycles. The molecule has 1 aliphatic rings. The molecule has 1 saturated carbocycles. The molecule has 0 saturated heterocycles. The van der Waals surface area contributed by atoms with Gasteiger partial charge in [-0.25, -0.2) is 13.4 Å². The first kappa shape index (κ1) is 15.5. The molecule has 1 aliphatic carbocycles. The van der Waals surface area contributed by atoms with Crippen LogP contribution in [0, 0.1) is 0 Å². The Morgan fingerprint density at radius 1 is 1.45 bits per heavy atom. The van der Waals surface area contributed by atoms with E-state index in [-0.39, 0.29) is 11.1 Å². The number of nitrogens with zero attached hydrogens (tertiary/aromatic N) is 2. The number of nitrogens with one attached hydrogen (secondary N) is 1. The summed E-state index contributed by atoms with van der Waals surface area (Å²) in [7, 11) is -3.49. The van der Waals surface area contributed by atoms with E-state index in [1.54, 1.807) is 4.31 Å². The maximum absolute atomic E-state index is 12.8. The van der Waals surface area contributed by atoms with E-state index < -0.39 is 10.0 Å². The van der Waals surface area contributed by atoms with E-state index in [1.165, 1.54) is 6.20 Å². The van der Waals surface area contributed by atoms with Gasteiger partial charge in [0, 0.05) is 19.0 Å².